The molecule has 4 aromatic heterocycles. The fraction of sp³-hybridized carbons (Fsp3) is 0.635. The summed E-state index contributed by atoms with van der Waals surface area (Å²) in [6, 6.07) is 35.7. The third kappa shape index (κ3) is 40.2. The predicted molar refractivity (Wildman–Crippen MR) is 586 cm³/mol. The molecule has 8 heterocycles. The van der Waals surface area contributed by atoms with Gasteiger partial charge >= 0.3 is 0 Å². The number of carbonyl (C=O) groups is 4. The Hall–Kier alpha value is -6.63. The van der Waals surface area contributed by atoms with Crippen molar-refractivity contribution in [1.29, 1.82) is 2.86 Å². The number of nitrogens with one attached hydrogen (secondary N) is 4. The number of halogens is 1. The number of amides is 4. The first-order valence-electron chi connectivity index (χ1n) is 51.5. The van der Waals surface area contributed by atoms with Gasteiger partial charge in [0.25, 0.3) is 20.3 Å². The van der Waals surface area contributed by atoms with Gasteiger partial charge in [-0.15, -0.1) is 0 Å². The van der Waals surface area contributed by atoms with Crippen LogP contribution >= 0.6 is 70.4 Å². The van der Waals surface area contributed by atoms with Crippen molar-refractivity contribution in [2.75, 3.05) is 110 Å². The molecule has 0 saturated carbocycles. The lowest BCUT2D eigenvalue weighted by atomic mass is 9.83. The second-order valence-corrected chi connectivity index (χ2v) is 47.9. The van der Waals surface area contributed by atoms with Gasteiger partial charge in [0.1, 0.15) is 48.6 Å². The van der Waals surface area contributed by atoms with E-state index in [0.717, 1.165) is 111 Å². The van der Waals surface area contributed by atoms with E-state index in [0.29, 0.717) is 91.7 Å². The topological polar surface area (TPSA) is 402 Å². The van der Waals surface area contributed by atoms with E-state index in [4.69, 9.17) is 78.4 Å². The van der Waals surface area contributed by atoms with E-state index >= 15 is 0 Å². The summed E-state index contributed by atoms with van der Waals surface area (Å²) in [5.74, 6) is 2.91. The largest absolute Gasteiger partial charge is 0.484 e. The van der Waals surface area contributed by atoms with Gasteiger partial charge < -0.3 is 98.1 Å². The maximum atomic E-state index is 12.9. The molecule has 4 aromatic carbocycles. The smallest absolute Gasteiger partial charge is 0.263 e. The van der Waals surface area contributed by atoms with Crippen LogP contribution in [0.2, 0.25) is 0 Å². The average Bonchev–Trinajstić information content (AvgIpc) is 1.59. The molecule has 4 aliphatic heterocycles. The van der Waals surface area contributed by atoms with Crippen molar-refractivity contribution in [1.82, 2.24) is 59.0 Å². The van der Waals surface area contributed by atoms with E-state index in [2.05, 4.69) is 188 Å². The van der Waals surface area contributed by atoms with E-state index in [1.54, 1.807) is 46.8 Å². The molecule has 0 aliphatic carbocycles. The van der Waals surface area contributed by atoms with Gasteiger partial charge in [-0.25, -0.2) is 34.6 Å². The molecule has 4 saturated heterocycles. The highest BCUT2D eigenvalue weighted by Gasteiger charge is 2.49. The molecule has 0 bridgehead atoms. The van der Waals surface area contributed by atoms with Gasteiger partial charge in [-0.1, -0.05) is 174 Å². The molecule has 4 amide bonds. The predicted octanol–water partition coefficient (Wildman–Crippen LogP) is 20.6. The minimum absolute atomic E-state index is 0. The number of nitrogens with zero attached hydrogens (tertiary/aromatic N) is 10. The minimum Gasteiger partial charge on any atom is -0.484 e. The van der Waals surface area contributed by atoms with Crippen LogP contribution in [-0.4, -0.2) is 265 Å². The van der Waals surface area contributed by atoms with Crippen molar-refractivity contribution in [2.45, 2.75) is 317 Å². The molecule has 812 valence electrons. The fourth-order valence-corrected chi connectivity index (χ4v) is 25.5. The van der Waals surface area contributed by atoms with Crippen LogP contribution in [0.5, 0.6) is 11.5 Å². The zero-order valence-corrected chi connectivity index (χ0v) is 93.6. The molecule has 0 radical (unpaired) electrons. The van der Waals surface area contributed by atoms with Crippen LogP contribution in [0.15, 0.2) is 135 Å². The summed E-state index contributed by atoms with van der Waals surface area (Å²) in [4.78, 5) is 76.3. The number of imidazole rings is 2. The van der Waals surface area contributed by atoms with Crippen LogP contribution in [-0.2, 0) is 79.2 Å². The molecule has 34 nitrogen and oxygen atoms in total. The molecular weight excluding hydrogens is 1990 g/mol. The lowest BCUT2D eigenvalue weighted by Gasteiger charge is -2.39. The van der Waals surface area contributed by atoms with Crippen LogP contribution in [0.4, 0.5) is 11.6 Å². The van der Waals surface area contributed by atoms with Crippen LogP contribution < -0.4 is 30.7 Å². The maximum Gasteiger partial charge on any atom is 0.263 e. The van der Waals surface area contributed by atoms with Gasteiger partial charge in [0, 0.05) is 131 Å². The number of aliphatic hydroxyl groups is 4. The molecule has 10 atom stereocenters. The van der Waals surface area contributed by atoms with Crippen molar-refractivity contribution in [3.8, 4) is 11.5 Å². The molecule has 0 spiro atoms. The van der Waals surface area contributed by atoms with Crippen LogP contribution in [0.25, 0.3) is 22.3 Å². The second kappa shape index (κ2) is 65.6. The van der Waals surface area contributed by atoms with Gasteiger partial charge in [0.15, 0.2) is 72.2 Å². The number of unbranched alkanes of at least 4 members (excludes halogenated alkanes) is 2. The second-order valence-electron chi connectivity index (χ2n) is 37.5. The van der Waals surface area contributed by atoms with Crippen LogP contribution in [0.3, 0.4) is 0 Å². The summed E-state index contributed by atoms with van der Waals surface area (Å²) >= 11 is 6.02. The van der Waals surface area contributed by atoms with E-state index in [1.165, 1.54) is 40.3 Å². The third-order valence-electron chi connectivity index (χ3n) is 24.6. The summed E-state index contributed by atoms with van der Waals surface area (Å²) in [7, 11) is 10.9. The molecule has 8 aromatic rings. The molecule has 4 aliphatic rings. The van der Waals surface area contributed by atoms with Crippen molar-refractivity contribution in [2.24, 2.45) is 10.8 Å². The lowest BCUT2D eigenvalue weighted by Crippen LogP contribution is -2.39. The van der Waals surface area contributed by atoms with E-state index in [1.807, 2.05) is 128 Å². The molecule has 8 N–H and O–H groups in total. The molecular formula is C104H165ClN14O20P2S4. The number of benzene rings is 4. The number of fused-ring (bicyclic) bond motifs is 2. The number of anilines is 2. The first-order chi connectivity index (χ1) is 70.9. The Morgan fingerprint density at radius 1 is 0.566 bits per heavy atom. The number of methoxy groups -OCH3 is 2. The monoisotopic (exact) mass is 2160 g/mol. The number of carbonyl (C=O) groups excluding carboxylic acids is 4. The zero-order chi connectivity index (χ0) is 109. The summed E-state index contributed by atoms with van der Waals surface area (Å²) in [6.45, 7) is 40.9. The van der Waals surface area contributed by atoms with Crippen molar-refractivity contribution in [3.05, 3.63) is 157 Å². The van der Waals surface area contributed by atoms with E-state index in [9.17, 15) is 24.3 Å². The molecule has 12 rings (SSSR count). The highest BCUT2D eigenvalue weighted by atomic mass is 35.7. The number of hydrogen-bond acceptors (Lipinski definition) is 32. The molecule has 4 unspecified atom stereocenters. The number of para-hydroxylation sites is 2. The number of ether oxygens (including phenoxy) is 10. The molecule has 4 fully saturated rings. The number of aromatic nitrogens is 8. The van der Waals surface area contributed by atoms with Gasteiger partial charge in [0.2, 0.25) is 14.7 Å². The van der Waals surface area contributed by atoms with Crippen LogP contribution in [0.1, 0.15) is 259 Å². The lowest BCUT2D eigenvalue weighted by molar-refractivity contribution is -0.235. The van der Waals surface area contributed by atoms with E-state index < -0.39 is 76.8 Å². The SMILES string of the molecule is C.CC(C)N(C(C)C)P(C)Cl.CCC1(CC)COC(c2ccc(CNC(=O)CCC(C)(C)SSCCCCO)cc2)OC1.[2H]C[C@H]1O[C@@H](n2cnc3c(NC(=O)COc4ccccc4)ncnc32)C(OC)[C@H]1O.[2H]C[C@H]1O[C@@H](n2cnc3c(NC(=O)COc4ccccc4)ncnc32)C(OC)[C@H]1OP(OCCCCSSC(C)(C)CCC(=O)NCc1ccc(C2OCC(CC)(CC)CO2)cc1)N(C(C)C)C(C)C.[3H]OC.[3H]OC. The van der Waals surface area contributed by atoms with Gasteiger partial charge in [-0.3, -0.25) is 33.0 Å². The Morgan fingerprint density at radius 3 is 1.32 bits per heavy atom. The molecule has 145 heavy (non-hydrogen) atoms. The van der Waals surface area contributed by atoms with Gasteiger partial charge in [-0.2, -0.15) is 0 Å². The van der Waals surface area contributed by atoms with Gasteiger partial charge in [-0.05, 0) is 203 Å². The van der Waals surface area contributed by atoms with Crippen molar-refractivity contribution >= 4 is 128 Å². The fourth-order valence-electron chi connectivity index (χ4n) is 15.9. The minimum atomic E-state index is -1.59. The highest BCUT2D eigenvalue weighted by molar-refractivity contribution is 8.77. The number of hydrogen-bond donors (Lipinski definition) is 8. The van der Waals surface area contributed by atoms with Gasteiger partial charge in [0.05, 0.1) is 65.3 Å². The highest BCUT2D eigenvalue weighted by Crippen LogP contribution is 2.52. The number of aliphatic hydroxyl groups excluding tert-OH is 4. The van der Waals surface area contributed by atoms with Crippen LogP contribution in [0, 0.1) is 10.8 Å². The molecule has 41 heteroatoms. The first-order valence-corrected chi connectivity index (χ1v) is 57.7. The Labute approximate surface area is 889 Å². The Kier molecular flexibility index (Phi) is 54.4. The Bertz CT molecular complexity index is 5050. The van der Waals surface area contributed by atoms with Crippen molar-refractivity contribution < 1.29 is 98.8 Å². The average molecular weight is 2160 g/mol. The first kappa shape index (κ1) is 120. The maximum absolute atomic E-state index is 12.9. The zero-order valence-electron chi connectivity index (χ0n) is 91.8. The van der Waals surface area contributed by atoms with Crippen molar-refractivity contribution in [3.63, 3.8) is 0 Å². The standard InChI is InChI=1S/C50H74N7O9PS2.C25H41NO4S2.C19H21N5O5.C7H17ClNP.2CH4O.CH4/c1-11-50(12-2)30-62-48(63-31-50)38-22-20-37(21-23-38)28-51-40(58)24-25-49(8,9)69-68-27-17-16-26-64-67(57(34(3)4)35(5)6)66-43-36(7)65-47(44(43)60-10)56-33-54-42-45(52-32-53-46(42)56)55-41(59)29-61-39-18-14-13-15-19-39;1-5-25(6-2)18-29-23(30-19-25)21-11-9-20(10-12-21)17-26-22(28)13-14-24(3,4)32-31-16-8-7-15-27;1-11-15(26)16(27-2)19(29-11)24-10-22-14-17(20-9-21-18(14)24)23-13(25)8-28-12-6-4-3-5-7-12;1-6(2)9(7(3)4)10(5)8;2*1-2;/h13-15,18-23,32-36,43-44,47-48H,11-12,16-17,24-31H2,1-10H3,(H,51,58)(H,52,53,55,59);9-12,23,27H,5-8,13-19H2,1-4H3,(H,26,28);3-7,9-11,15-16,19,26H,8H2,1-2H3,(H,20,21,23,25);6-7H,1-5H3;2*2H,1H3;1H4/t36-,43+,44?,47-,67?;;11-,15+,16?,19-;;;;/m1.1..../s1/i7D;;1D;;2*2T;. The van der Waals surface area contributed by atoms with E-state index in [-0.39, 0.29) is 109 Å². The Morgan fingerprint density at radius 2 is 0.959 bits per heavy atom. The summed E-state index contributed by atoms with van der Waals surface area (Å²) in [5.41, 5.74) is 5.92. The summed E-state index contributed by atoms with van der Waals surface area (Å²) in [5, 5.41) is 37.7. The number of rotatable bonds is 50. The Balaban J connectivity index is 0.000000352. The third-order valence-corrected chi connectivity index (χ3v) is 35.7. The summed E-state index contributed by atoms with van der Waals surface area (Å²) in [6.07, 6.45) is 9.78. The quantitative estimate of drug-likeness (QED) is 0.00997. The summed E-state index contributed by atoms with van der Waals surface area (Å²) < 4.78 is 108. The normalized spacial score (nSPS) is 19.6.